The molecule has 2 fully saturated rings. The predicted molar refractivity (Wildman–Crippen MR) is 131 cm³/mol. The molecule has 3 aromatic heterocycles. The average Bonchev–Trinajstić information content (AvgIpc) is 3.56. The van der Waals surface area contributed by atoms with Gasteiger partial charge in [0, 0.05) is 45.1 Å². The number of piperidine rings is 1. The van der Waals surface area contributed by atoms with Crippen LogP contribution >= 0.6 is 11.3 Å². The first-order chi connectivity index (χ1) is 17.4. The highest BCUT2D eigenvalue weighted by molar-refractivity contribution is 7.17. The molecule has 0 unspecified atom stereocenters. The van der Waals surface area contributed by atoms with E-state index in [1.54, 1.807) is 13.8 Å². The highest BCUT2D eigenvalue weighted by atomic mass is 32.1. The lowest BCUT2D eigenvalue weighted by atomic mass is 9.91. The van der Waals surface area contributed by atoms with Crippen LogP contribution in [-0.2, 0) is 15.1 Å². The van der Waals surface area contributed by atoms with Gasteiger partial charge >= 0.3 is 5.97 Å². The number of tetrazole rings is 1. The van der Waals surface area contributed by atoms with Crippen LogP contribution < -0.4 is 15.1 Å². The molecule has 0 aliphatic carbocycles. The number of aromatic nitrogens is 7. The molecule has 0 radical (unpaired) electrons. The third kappa shape index (κ3) is 5.08. The molecule has 0 atom stereocenters. The van der Waals surface area contributed by atoms with E-state index in [2.05, 4.69) is 40.7 Å². The van der Waals surface area contributed by atoms with Crippen molar-refractivity contribution in [1.29, 1.82) is 0 Å². The molecular formula is C21H28N10O4S. The van der Waals surface area contributed by atoms with Gasteiger partial charge in [0.05, 0.1) is 25.5 Å². The van der Waals surface area contributed by atoms with E-state index in [0.29, 0.717) is 73.2 Å². The number of ether oxygens (including phenoxy) is 2. The molecule has 0 bridgehead atoms. The number of aliphatic hydroxyl groups is 1. The van der Waals surface area contributed by atoms with E-state index >= 15 is 0 Å². The molecule has 2 aliphatic heterocycles. The normalized spacial score (nSPS) is 17.8. The number of esters is 1. The summed E-state index contributed by atoms with van der Waals surface area (Å²) in [5.41, 5.74) is -0.522. The van der Waals surface area contributed by atoms with E-state index in [4.69, 9.17) is 19.4 Å². The first-order valence-corrected chi connectivity index (χ1v) is 12.6. The molecule has 14 nitrogen and oxygen atoms in total. The Kier molecular flexibility index (Phi) is 6.93. The zero-order valence-electron chi connectivity index (χ0n) is 20.1. The molecule has 36 heavy (non-hydrogen) atoms. The van der Waals surface area contributed by atoms with Gasteiger partial charge in [0.25, 0.3) is 0 Å². The summed E-state index contributed by atoms with van der Waals surface area (Å²) in [7, 11) is 0. The summed E-state index contributed by atoms with van der Waals surface area (Å²) in [6.45, 7) is 7.63. The van der Waals surface area contributed by atoms with Crippen molar-refractivity contribution in [3.8, 4) is 0 Å². The number of rotatable bonds is 7. The number of thiazole rings is 1. The minimum atomic E-state index is -1.11. The molecule has 0 aromatic carbocycles. The first-order valence-electron chi connectivity index (χ1n) is 11.8. The second kappa shape index (κ2) is 10.3. The topological polar surface area (TPSA) is 167 Å². The van der Waals surface area contributed by atoms with Gasteiger partial charge in [-0.15, -0.1) is 5.10 Å². The van der Waals surface area contributed by atoms with Crippen molar-refractivity contribution in [3.05, 3.63) is 22.5 Å². The number of anilines is 4. The predicted octanol–water partition coefficient (Wildman–Crippen LogP) is 1.000. The van der Waals surface area contributed by atoms with Crippen LogP contribution in [0, 0.1) is 6.92 Å². The smallest absolute Gasteiger partial charge is 0.350 e. The molecule has 3 N–H and O–H groups in total. The van der Waals surface area contributed by atoms with E-state index in [0.717, 1.165) is 24.7 Å². The number of carbonyl (C=O) groups excluding carboxylic acids is 1. The molecule has 3 aromatic rings. The summed E-state index contributed by atoms with van der Waals surface area (Å²) in [5, 5.41) is 28.4. The monoisotopic (exact) mass is 516 g/mol. The fourth-order valence-electron chi connectivity index (χ4n) is 4.22. The lowest BCUT2D eigenvalue weighted by Gasteiger charge is -2.37. The van der Waals surface area contributed by atoms with Gasteiger partial charge in [-0.1, -0.05) is 11.3 Å². The Hall–Kier alpha value is -3.43. The van der Waals surface area contributed by atoms with Crippen molar-refractivity contribution >= 4 is 40.0 Å². The quantitative estimate of drug-likeness (QED) is 0.381. The molecular weight excluding hydrogens is 488 g/mol. The molecule has 5 heterocycles. The highest BCUT2D eigenvalue weighted by Gasteiger charge is 2.37. The van der Waals surface area contributed by atoms with Gasteiger partial charge in [-0.05, 0) is 24.3 Å². The van der Waals surface area contributed by atoms with E-state index in [-0.39, 0.29) is 0 Å². The number of aromatic amines is 1. The number of carbonyl (C=O) groups is 1. The van der Waals surface area contributed by atoms with Crippen molar-refractivity contribution in [1.82, 2.24) is 35.6 Å². The molecule has 2 saturated heterocycles. The van der Waals surface area contributed by atoms with E-state index in [1.807, 2.05) is 6.07 Å². The molecule has 192 valence electrons. The summed E-state index contributed by atoms with van der Waals surface area (Å²) in [6, 6.07) is 1.95. The Morgan fingerprint density at radius 1 is 1.19 bits per heavy atom. The maximum atomic E-state index is 12.2. The summed E-state index contributed by atoms with van der Waals surface area (Å²) in [6.07, 6.45) is 0.885. The highest BCUT2D eigenvalue weighted by Crippen LogP contribution is 2.33. The van der Waals surface area contributed by atoms with Gasteiger partial charge in [-0.25, -0.2) is 14.9 Å². The van der Waals surface area contributed by atoms with Crippen LogP contribution in [0.4, 0.5) is 22.7 Å². The van der Waals surface area contributed by atoms with Crippen molar-refractivity contribution in [2.45, 2.75) is 32.3 Å². The zero-order valence-corrected chi connectivity index (χ0v) is 20.9. The second-order valence-electron chi connectivity index (χ2n) is 8.55. The second-order valence-corrected chi connectivity index (χ2v) is 9.55. The van der Waals surface area contributed by atoms with Crippen molar-refractivity contribution < 1.29 is 19.4 Å². The molecule has 0 saturated carbocycles. The van der Waals surface area contributed by atoms with Gasteiger partial charge in [0.2, 0.25) is 5.95 Å². The van der Waals surface area contributed by atoms with Crippen LogP contribution in [0.15, 0.2) is 6.07 Å². The number of nitrogens with zero attached hydrogens (tertiary/aromatic N) is 8. The molecule has 0 amide bonds. The maximum absolute atomic E-state index is 12.2. The third-order valence-electron chi connectivity index (χ3n) is 6.21. The molecule has 15 heteroatoms. The van der Waals surface area contributed by atoms with Crippen LogP contribution in [0.5, 0.6) is 0 Å². The Balaban J connectivity index is 1.39. The van der Waals surface area contributed by atoms with Gasteiger partial charge in [0.1, 0.15) is 22.1 Å². The van der Waals surface area contributed by atoms with Crippen molar-refractivity contribution in [2.75, 3.05) is 61.1 Å². The minimum Gasteiger partial charge on any atom is -0.462 e. The Morgan fingerprint density at radius 2 is 1.89 bits per heavy atom. The summed E-state index contributed by atoms with van der Waals surface area (Å²) in [5.74, 6) is 1.85. The Bertz CT molecular complexity index is 1190. The lowest BCUT2D eigenvalue weighted by molar-refractivity contribution is 0.00307. The molecule has 0 spiro atoms. The molecule has 2 aliphatic rings. The maximum Gasteiger partial charge on any atom is 0.350 e. The van der Waals surface area contributed by atoms with Crippen LogP contribution in [0.1, 0.15) is 41.0 Å². The fourth-order valence-corrected chi connectivity index (χ4v) is 5.08. The SMILES string of the molecule is CCOC(=O)c1sc(Nc2nc(N3CCOCC3)cc(N3CCC(O)(c4nnn[nH]4)CC3)n2)nc1C. The minimum absolute atomic E-state index is 0.297. The van der Waals surface area contributed by atoms with Crippen LogP contribution in [-0.4, -0.2) is 92.7 Å². The summed E-state index contributed by atoms with van der Waals surface area (Å²) in [4.78, 5) is 30.9. The fraction of sp³-hybridized carbons (Fsp3) is 0.571. The number of nitrogens with one attached hydrogen (secondary N) is 2. The number of hydrogen-bond donors (Lipinski definition) is 3. The Morgan fingerprint density at radius 3 is 2.53 bits per heavy atom. The first kappa shape index (κ1) is 24.3. The number of hydrogen-bond acceptors (Lipinski definition) is 14. The summed E-state index contributed by atoms with van der Waals surface area (Å²) >= 11 is 1.20. The lowest BCUT2D eigenvalue weighted by Crippen LogP contribution is -2.44. The van der Waals surface area contributed by atoms with E-state index in [1.165, 1.54) is 11.3 Å². The van der Waals surface area contributed by atoms with Gasteiger partial charge in [-0.2, -0.15) is 9.97 Å². The van der Waals surface area contributed by atoms with Crippen LogP contribution in [0.2, 0.25) is 0 Å². The van der Waals surface area contributed by atoms with Gasteiger partial charge < -0.3 is 24.4 Å². The number of morpholine rings is 1. The van der Waals surface area contributed by atoms with Crippen molar-refractivity contribution in [3.63, 3.8) is 0 Å². The third-order valence-corrected chi connectivity index (χ3v) is 7.26. The zero-order chi connectivity index (χ0) is 25.1. The molecule has 5 rings (SSSR count). The van der Waals surface area contributed by atoms with Crippen LogP contribution in [0.25, 0.3) is 0 Å². The summed E-state index contributed by atoms with van der Waals surface area (Å²) < 4.78 is 10.6. The largest absolute Gasteiger partial charge is 0.462 e. The van der Waals surface area contributed by atoms with Gasteiger partial charge in [0.15, 0.2) is 11.0 Å². The number of H-pyrrole nitrogens is 1. The van der Waals surface area contributed by atoms with Gasteiger partial charge in [-0.3, -0.25) is 5.32 Å². The van der Waals surface area contributed by atoms with E-state index < -0.39 is 11.6 Å². The Labute approximate surface area is 211 Å². The number of aryl methyl sites for hydroxylation is 1. The standard InChI is InChI=1S/C21H28N10O4S/c1-3-35-17(32)16-13(2)22-20(36-16)25-19-23-14(12-15(24-19)31-8-10-34-11-9-31)30-6-4-21(33,5-7-30)18-26-28-29-27-18/h12,33H,3-11H2,1-2H3,(H,22,23,24,25)(H,26,27,28,29). The van der Waals surface area contributed by atoms with Crippen LogP contribution in [0.3, 0.4) is 0 Å². The van der Waals surface area contributed by atoms with Crippen molar-refractivity contribution in [2.24, 2.45) is 0 Å². The average molecular weight is 517 g/mol. The van der Waals surface area contributed by atoms with E-state index in [9.17, 15) is 9.90 Å².